The van der Waals surface area contributed by atoms with Crippen molar-refractivity contribution < 1.29 is 0 Å². The van der Waals surface area contributed by atoms with Crippen molar-refractivity contribution in [3.05, 3.63) is 12.8 Å². The molecule has 0 radical (unpaired) electrons. The van der Waals surface area contributed by atoms with E-state index in [0.717, 1.165) is 25.4 Å². The van der Waals surface area contributed by atoms with Gasteiger partial charge in [0.25, 0.3) is 0 Å². The van der Waals surface area contributed by atoms with Gasteiger partial charge in [-0.2, -0.15) is 0 Å². The van der Waals surface area contributed by atoms with E-state index < -0.39 is 0 Å². The molecule has 2 atom stereocenters. The van der Waals surface area contributed by atoms with Crippen LogP contribution < -0.4 is 0 Å². The van der Waals surface area contributed by atoms with Crippen LogP contribution >= 0.6 is 0 Å². The monoisotopic (exact) mass is 224 g/mol. The Bertz CT molecular complexity index is 221. The lowest BCUT2D eigenvalue weighted by atomic mass is 10.1. The summed E-state index contributed by atoms with van der Waals surface area (Å²) in [5, 5.41) is 0. The minimum atomic E-state index is 0.554. The first-order chi connectivity index (χ1) is 7.69. The summed E-state index contributed by atoms with van der Waals surface area (Å²) in [5.41, 5.74) is 0. The summed E-state index contributed by atoms with van der Waals surface area (Å²) in [5.74, 6) is 2.60. The molecule has 2 unspecified atom stereocenters. The average molecular weight is 224 g/mol. The molecule has 0 spiro atoms. The normalized spacial score (nSPS) is 22.4. The lowest BCUT2D eigenvalue weighted by Gasteiger charge is -2.24. The third-order valence-corrected chi connectivity index (χ3v) is 3.02. The van der Waals surface area contributed by atoms with E-state index in [4.69, 9.17) is 0 Å². The lowest BCUT2D eigenvalue weighted by Crippen LogP contribution is -2.33. The third kappa shape index (κ3) is 4.38. The van der Waals surface area contributed by atoms with Gasteiger partial charge in [0.2, 0.25) is 0 Å². The van der Waals surface area contributed by atoms with Crippen LogP contribution in [-0.2, 0) is 0 Å². The van der Waals surface area contributed by atoms with Crippen LogP contribution in [-0.4, -0.2) is 23.8 Å². The van der Waals surface area contributed by atoms with E-state index in [2.05, 4.69) is 37.2 Å². The highest BCUT2D eigenvalue weighted by Crippen LogP contribution is 2.19. The predicted molar refractivity (Wildman–Crippen MR) is 73.8 cm³/mol. The van der Waals surface area contributed by atoms with E-state index >= 15 is 0 Å². The Morgan fingerprint density at radius 2 is 2.19 bits per heavy atom. The Morgan fingerprint density at radius 3 is 2.56 bits per heavy atom. The zero-order valence-electron chi connectivity index (χ0n) is 11.7. The second kappa shape index (κ2) is 8.37. The fraction of sp³-hybridized carbons (Fsp3) is 0.786. The highest BCUT2D eigenvalue weighted by Gasteiger charge is 2.23. The molecule has 0 N–H and O–H groups in total. The lowest BCUT2D eigenvalue weighted by molar-refractivity contribution is 0.459. The number of aliphatic imine (C=N–C) groups is 1. The molecule has 1 aliphatic heterocycles. The minimum absolute atomic E-state index is 0.554. The molecular weight excluding hydrogens is 196 g/mol. The van der Waals surface area contributed by atoms with E-state index in [9.17, 15) is 0 Å². The van der Waals surface area contributed by atoms with Crippen LogP contribution in [0.1, 0.15) is 47.5 Å². The Morgan fingerprint density at radius 1 is 1.56 bits per heavy atom. The van der Waals surface area contributed by atoms with Crippen molar-refractivity contribution in [2.24, 2.45) is 16.8 Å². The Kier molecular flexibility index (Phi) is 7.96. The molecule has 1 saturated heterocycles. The van der Waals surface area contributed by atoms with Gasteiger partial charge in [0.05, 0.1) is 0 Å². The van der Waals surface area contributed by atoms with Crippen molar-refractivity contribution in [2.75, 3.05) is 13.1 Å². The Hall–Kier alpha value is -0.790. The minimum Gasteiger partial charge on any atom is -0.360 e. The van der Waals surface area contributed by atoms with Crippen LogP contribution in [0.3, 0.4) is 0 Å². The first kappa shape index (κ1) is 15.2. The van der Waals surface area contributed by atoms with Gasteiger partial charge in [0.15, 0.2) is 0 Å². The van der Waals surface area contributed by atoms with Crippen LogP contribution in [0, 0.1) is 11.8 Å². The first-order valence-electron chi connectivity index (χ1n) is 6.62. The van der Waals surface area contributed by atoms with Crippen LogP contribution in [0.2, 0.25) is 0 Å². The van der Waals surface area contributed by atoms with Gasteiger partial charge < -0.3 is 4.90 Å². The smallest absolute Gasteiger partial charge is 0.107 e. The third-order valence-electron chi connectivity index (χ3n) is 3.02. The summed E-state index contributed by atoms with van der Waals surface area (Å²) in [6, 6.07) is 0. The molecule has 0 aromatic carbocycles. The summed E-state index contributed by atoms with van der Waals surface area (Å²) in [4.78, 5) is 6.84. The molecule has 0 amide bonds. The van der Waals surface area contributed by atoms with Crippen LogP contribution in [0.5, 0.6) is 0 Å². The van der Waals surface area contributed by atoms with Gasteiger partial charge in [-0.1, -0.05) is 41.2 Å². The Balaban J connectivity index is 0.00000106. The fourth-order valence-corrected chi connectivity index (χ4v) is 1.94. The SMILES string of the molecule is C=CN=C(C(C)CC)N1CCC(C)C1.CC. The van der Waals surface area contributed by atoms with Crippen LogP contribution in [0.4, 0.5) is 0 Å². The molecule has 0 aliphatic carbocycles. The van der Waals surface area contributed by atoms with Crippen molar-refractivity contribution in [1.29, 1.82) is 0 Å². The molecule has 1 heterocycles. The first-order valence-corrected chi connectivity index (χ1v) is 6.62. The maximum Gasteiger partial charge on any atom is 0.107 e. The van der Waals surface area contributed by atoms with Gasteiger partial charge in [-0.25, -0.2) is 4.99 Å². The zero-order valence-corrected chi connectivity index (χ0v) is 11.7. The number of nitrogens with zero attached hydrogens (tertiary/aromatic N) is 2. The number of hydrogen-bond acceptors (Lipinski definition) is 1. The van der Waals surface area contributed by atoms with Gasteiger partial charge >= 0.3 is 0 Å². The molecule has 1 rings (SSSR count). The second-order valence-electron chi connectivity index (χ2n) is 4.32. The maximum atomic E-state index is 4.42. The number of hydrogen-bond donors (Lipinski definition) is 0. The van der Waals surface area contributed by atoms with E-state index in [1.807, 2.05) is 13.8 Å². The second-order valence-corrected chi connectivity index (χ2v) is 4.32. The molecule has 2 heteroatoms. The molecule has 2 nitrogen and oxygen atoms in total. The highest BCUT2D eigenvalue weighted by atomic mass is 15.2. The summed E-state index contributed by atoms with van der Waals surface area (Å²) < 4.78 is 0. The average Bonchev–Trinajstić information content (AvgIpc) is 2.74. The summed E-state index contributed by atoms with van der Waals surface area (Å²) in [6.45, 7) is 16.8. The number of amidine groups is 1. The molecule has 1 fully saturated rings. The topological polar surface area (TPSA) is 15.6 Å². The summed E-state index contributed by atoms with van der Waals surface area (Å²) >= 11 is 0. The quantitative estimate of drug-likeness (QED) is 0.523. The number of likely N-dealkylation sites (tertiary alicyclic amines) is 1. The van der Waals surface area contributed by atoms with E-state index in [1.165, 1.54) is 12.3 Å². The molecule has 0 aromatic heterocycles. The molecule has 0 saturated carbocycles. The van der Waals surface area contributed by atoms with Crippen LogP contribution in [0.25, 0.3) is 0 Å². The van der Waals surface area contributed by atoms with Crippen molar-refractivity contribution in [3.8, 4) is 0 Å². The zero-order chi connectivity index (χ0) is 12.6. The highest BCUT2D eigenvalue weighted by molar-refractivity contribution is 5.85. The summed E-state index contributed by atoms with van der Waals surface area (Å²) in [6.07, 6.45) is 4.12. The van der Waals surface area contributed by atoms with Gasteiger partial charge in [0, 0.05) is 25.2 Å². The van der Waals surface area contributed by atoms with Gasteiger partial charge in [-0.15, -0.1) is 0 Å². The molecule has 0 aromatic rings. The van der Waals surface area contributed by atoms with Gasteiger partial charge in [0.1, 0.15) is 5.84 Å². The molecule has 94 valence electrons. The molecule has 16 heavy (non-hydrogen) atoms. The fourth-order valence-electron chi connectivity index (χ4n) is 1.94. The largest absolute Gasteiger partial charge is 0.360 e. The van der Waals surface area contributed by atoms with Crippen molar-refractivity contribution in [2.45, 2.75) is 47.5 Å². The number of rotatable bonds is 3. The van der Waals surface area contributed by atoms with Crippen molar-refractivity contribution in [3.63, 3.8) is 0 Å². The van der Waals surface area contributed by atoms with E-state index in [-0.39, 0.29) is 0 Å². The molecule has 1 aliphatic rings. The molecular formula is C14H28N2. The van der Waals surface area contributed by atoms with E-state index in [1.54, 1.807) is 6.20 Å². The maximum absolute atomic E-state index is 4.42. The van der Waals surface area contributed by atoms with E-state index in [0.29, 0.717) is 5.92 Å². The van der Waals surface area contributed by atoms with Gasteiger partial charge in [-0.05, 0) is 18.8 Å². The summed E-state index contributed by atoms with van der Waals surface area (Å²) in [7, 11) is 0. The predicted octanol–water partition coefficient (Wildman–Crippen LogP) is 3.94. The standard InChI is InChI=1S/C12H22N2.C2H6/c1-5-11(4)12(13-6-2)14-8-7-10(3)9-14;1-2/h6,10-11H,2,5,7-9H2,1,3-4H3;1-2H3. The van der Waals surface area contributed by atoms with Crippen molar-refractivity contribution in [1.82, 2.24) is 4.90 Å². The van der Waals surface area contributed by atoms with Crippen molar-refractivity contribution >= 4 is 5.84 Å². The molecule has 0 bridgehead atoms. The Labute approximate surface area is 101 Å². The van der Waals surface area contributed by atoms with Crippen LogP contribution in [0.15, 0.2) is 17.8 Å². The van der Waals surface area contributed by atoms with Gasteiger partial charge in [-0.3, -0.25) is 0 Å².